The Kier molecular flexibility index (Phi) is 4.55. The molecular weight excluding hydrogens is 252 g/mol. The lowest BCUT2D eigenvalue weighted by Gasteiger charge is -2.07. The highest BCUT2D eigenvalue weighted by Gasteiger charge is 2.04. The summed E-state index contributed by atoms with van der Waals surface area (Å²) in [6.07, 6.45) is 5.31. The Hall–Kier alpha value is -2.56. The van der Waals surface area contributed by atoms with E-state index < -0.39 is 0 Å². The highest BCUT2D eigenvalue weighted by molar-refractivity contribution is 5.95. The van der Waals surface area contributed by atoms with E-state index >= 15 is 0 Å². The summed E-state index contributed by atoms with van der Waals surface area (Å²) in [5.74, 6) is -0.0596. The van der Waals surface area contributed by atoms with Crippen molar-refractivity contribution in [3.63, 3.8) is 0 Å². The summed E-state index contributed by atoms with van der Waals surface area (Å²) in [5, 5.41) is 10.2. The standard InChI is InChI=1S/C15H18N4O/c1-3-16-15(20)13-6-5-7-14(8-13)17-9-12-10-18-19(4-2)11-12/h4-8,10-11,17H,2-3,9H2,1H3,(H,16,20). The largest absolute Gasteiger partial charge is 0.381 e. The molecule has 104 valence electrons. The molecule has 2 N–H and O–H groups in total. The molecule has 2 aromatic rings. The van der Waals surface area contributed by atoms with Crippen LogP contribution in [0.2, 0.25) is 0 Å². The molecule has 0 bridgehead atoms. The number of hydrogen-bond donors (Lipinski definition) is 2. The number of benzene rings is 1. The van der Waals surface area contributed by atoms with Gasteiger partial charge in [-0.3, -0.25) is 4.79 Å². The SMILES string of the molecule is C=Cn1cc(CNc2cccc(C(=O)NCC)c2)cn1. The van der Waals surface area contributed by atoms with E-state index in [1.807, 2.05) is 31.3 Å². The summed E-state index contributed by atoms with van der Waals surface area (Å²) < 4.78 is 1.65. The van der Waals surface area contributed by atoms with Gasteiger partial charge in [0.1, 0.15) is 0 Å². The number of amides is 1. The summed E-state index contributed by atoms with van der Waals surface area (Å²) in [6, 6.07) is 7.43. The lowest BCUT2D eigenvalue weighted by molar-refractivity contribution is 0.0956. The van der Waals surface area contributed by atoms with E-state index in [1.54, 1.807) is 23.1 Å². The van der Waals surface area contributed by atoms with Crippen LogP contribution in [-0.4, -0.2) is 22.2 Å². The van der Waals surface area contributed by atoms with E-state index in [1.165, 1.54) is 0 Å². The fourth-order valence-corrected chi connectivity index (χ4v) is 1.81. The molecule has 0 fully saturated rings. The zero-order valence-electron chi connectivity index (χ0n) is 11.5. The third-order valence-electron chi connectivity index (χ3n) is 2.80. The van der Waals surface area contributed by atoms with Crippen LogP contribution in [0.5, 0.6) is 0 Å². The third-order valence-corrected chi connectivity index (χ3v) is 2.80. The fraction of sp³-hybridized carbons (Fsp3) is 0.200. The van der Waals surface area contributed by atoms with E-state index in [-0.39, 0.29) is 5.91 Å². The molecule has 0 atom stereocenters. The van der Waals surface area contributed by atoms with Gasteiger partial charge in [-0.15, -0.1) is 0 Å². The van der Waals surface area contributed by atoms with Crippen LogP contribution in [0.15, 0.2) is 43.2 Å². The second-order valence-corrected chi connectivity index (χ2v) is 4.30. The summed E-state index contributed by atoms with van der Waals surface area (Å²) in [7, 11) is 0. The summed E-state index contributed by atoms with van der Waals surface area (Å²) in [6.45, 7) is 6.81. The second kappa shape index (κ2) is 6.56. The van der Waals surface area contributed by atoms with Crippen LogP contribution in [0.25, 0.3) is 6.20 Å². The Bertz CT molecular complexity index is 603. The number of hydrogen-bond acceptors (Lipinski definition) is 3. The van der Waals surface area contributed by atoms with Crippen LogP contribution in [-0.2, 0) is 6.54 Å². The van der Waals surface area contributed by atoms with Crippen LogP contribution in [0, 0.1) is 0 Å². The van der Waals surface area contributed by atoms with Gasteiger partial charge < -0.3 is 10.6 Å². The highest BCUT2D eigenvalue weighted by atomic mass is 16.1. The van der Waals surface area contributed by atoms with Crippen molar-refractivity contribution in [2.24, 2.45) is 0 Å². The summed E-state index contributed by atoms with van der Waals surface area (Å²) in [4.78, 5) is 11.8. The average Bonchev–Trinajstić information content (AvgIpc) is 2.94. The molecule has 0 radical (unpaired) electrons. The molecular formula is C15H18N4O. The molecule has 0 saturated heterocycles. The number of carbonyl (C=O) groups excluding carboxylic acids is 1. The first-order chi connectivity index (χ1) is 9.72. The fourth-order valence-electron chi connectivity index (χ4n) is 1.81. The van der Waals surface area contributed by atoms with E-state index in [2.05, 4.69) is 22.3 Å². The number of carbonyl (C=O) groups is 1. The molecule has 0 unspecified atom stereocenters. The van der Waals surface area contributed by atoms with Gasteiger partial charge in [-0.1, -0.05) is 12.6 Å². The van der Waals surface area contributed by atoms with Crippen LogP contribution < -0.4 is 10.6 Å². The van der Waals surface area contributed by atoms with Crippen molar-refractivity contribution in [3.8, 4) is 0 Å². The number of rotatable bonds is 6. The van der Waals surface area contributed by atoms with E-state index in [4.69, 9.17) is 0 Å². The van der Waals surface area contributed by atoms with Crippen LogP contribution in [0.3, 0.4) is 0 Å². The molecule has 5 nitrogen and oxygen atoms in total. The van der Waals surface area contributed by atoms with Gasteiger partial charge >= 0.3 is 0 Å². The molecule has 2 rings (SSSR count). The van der Waals surface area contributed by atoms with Crippen LogP contribution in [0.1, 0.15) is 22.8 Å². The first-order valence-corrected chi connectivity index (χ1v) is 6.50. The van der Waals surface area contributed by atoms with E-state index in [0.717, 1.165) is 11.3 Å². The molecule has 1 heterocycles. The highest BCUT2D eigenvalue weighted by Crippen LogP contribution is 2.12. The lowest BCUT2D eigenvalue weighted by atomic mass is 10.2. The zero-order chi connectivity index (χ0) is 14.4. The second-order valence-electron chi connectivity index (χ2n) is 4.30. The Morgan fingerprint density at radius 2 is 2.35 bits per heavy atom. The third kappa shape index (κ3) is 3.47. The van der Waals surface area contributed by atoms with E-state index in [0.29, 0.717) is 18.7 Å². The van der Waals surface area contributed by atoms with Gasteiger partial charge in [-0.2, -0.15) is 5.10 Å². The molecule has 0 aliphatic heterocycles. The minimum Gasteiger partial charge on any atom is -0.381 e. The molecule has 1 amide bonds. The number of nitrogens with one attached hydrogen (secondary N) is 2. The average molecular weight is 270 g/mol. The Morgan fingerprint density at radius 3 is 3.05 bits per heavy atom. The smallest absolute Gasteiger partial charge is 0.251 e. The van der Waals surface area contributed by atoms with Gasteiger partial charge in [0.2, 0.25) is 0 Å². The molecule has 0 saturated carbocycles. The maximum atomic E-state index is 11.8. The molecule has 1 aromatic heterocycles. The quantitative estimate of drug-likeness (QED) is 0.847. The Labute approximate surface area is 118 Å². The maximum absolute atomic E-state index is 11.8. The van der Waals surface area contributed by atoms with Crippen molar-refractivity contribution in [2.75, 3.05) is 11.9 Å². The first-order valence-electron chi connectivity index (χ1n) is 6.50. The Morgan fingerprint density at radius 1 is 1.50 bits per heavy atom. The molecule has 1 aromatic carbocycles. The minimum absolute atomic E-state index is 0.0596. The van der Waals surface area contributed by atoms with Gasteiger partial charge in [0.05, 0.1) is 6.20 Å². The van der Waals surface area contributed by atoms with Crippen molar-refractivity contribution in [3.05, 3.63) is 54.4 Å². The minimum atomic E-state index is -0.0596. The van der Waals surface area contributed by atoms with Gasteiger partial charge in [0.25, 0.3) is 5.91 Å². The van der Waals surface area contributed by atoms with Gasteiger partial charge in [0.15, 0.2) is 0 Å². The molecule has 0 aliphatic carbocycles. The van der Waals surface area contributed by atoms with Gasteiger partial charge in [-0.05, 0) is 25.1 Å². The molecule has 20 heavy (non-hydrogen) atoms. The summed E-state index contributed by atoms with van der Waals surface area (Å²) in [5.41, 5.74) is 2.60. The normalized spacial score (nSPS) is 10.1. The molecule has 0 spiro atoms. The number of anilines is 1. The predicted molar refractivity (Wildman–Crippen MR) is 80.4 cm³/mol. The molecule has 0 aliphatic rings. The monoisotopic (exact) mass is 270 g/mol. The zero-order valence-corrected chi connectivity index (χ0v) is 11.5. The Balaban J connectivity index is 2.00. The lowest BCUT2D eigenvalue weighted by Crippen LogP contribution is -2.22. The van der Waals surface area contributed by atoms with Crippen LogP contribution >= 0.6 is 0 Å². The van der Waals surface area contributed by atoms with Crippen LogP contribution in [0.4, 0.5) is 5.69 Å². The number of aromatic nitrogens is 2. The van der Waals surface area contributed by atoms with Crippen molar-refractivity contribution >= 4 is 17.8 Å². The van der Waals surface area contributed by atoms with Crippen molar-refractivity contribution in [1.29, 1.82) is 0 Å². The maximum Gasteiger partial charge on any atom is 0.251 e. The first kappa shape index (κ1) is 13.9. The van der Waals surface area contributed by atoms with Crippen molar-refractivity contribution in [1.82, 2.24) is 15.1 Å². The number of nitrogens with zero attached hydrogens (tertiary/aromatic N) is 2. The van der Waals surface area contributed by atoms with Crippen molar-refractivity contribution in [2.45, 2.75) is 13.5 Å². The summed E-state index contributed by atoms with van der Waals surface area (Å²) >= 11 is 0. The van der Waals surface area contributed by atoms with Gasteiger partial charge in [-0.25, -0.2) is 4.68 Å². The van der Waals surface area contributed by atoms with E-state index in [9.17, 15) is 4.79 Å². The predicted octanol–water partition coefficient (Wildman–Crippen LogP) is 2.35. The topological polar surface area (TPSA) is 59.0 Å². The van der Waals surface area contributed by atoms with Gasteiger partial charge in [0, 0.05) is 42.3 Å². The van der Waals surface area contributed by atoms with Crippen molar-refractivity contribution < 1.29 is 4.79 Å². The molecule has 5 heteroatoms.